The number of carbonyl (C=O) groups excluding carboxylic acids is 1. The summed E-state index contributed by atoms with van der Waals surface area (Å²) in [5, 5.41) is 2.62. The van der Waals surface area contributed by atoms with Crippen molar-refractivity contribution in [2.24, 2.45) is 11.7 Å². The summed E-state index contributed by atoms with van der Waals surface area (Å²) >= 11 is 0. The molecule has 1 atom stereocenters. The average Bonchev–Trinajstić information content (AvgIpc) is 2.28. The Kier molecular flexibility index (Phi) is 5.51. The molecule has 1 amide bonds. The molecule has 100 valence electrons. The number of anilines is 1. The second-order valence-corrected chi connectivity index (χ2v) is 3.87. The molecule has 0 spiro atoms. The highest BCUT2D eigenvalue weighted by Crippen LogP contribution is 2.20. The molecule has 0 bridgehead atoms. The van der Waals surface area contributed by atoms with Crippen LogP contribution in [0, 0.1) is 5.92 Å². The first-order valence-corrected chi connectivity index (χ1v) is 5.58. The van der Waals surface area contributed by atoms with E-state index in [9.17, 15) is 13.6 Å². The fraction of sp³-hybridized carbons (Fsp3) is 0.417. The van der Waals surface area contributed by atoms with Crippen LogP contribution in [-0.4, -0.2) is 19.1 Å². The molecule has 18 heavy (non-hydrogen) atoms. The normalized spacial score (nSPS) is 12.3. The van der Waals surface area contributed by atoms with Gasteiger partial charge in [-0.1, -0.05) is 13.0 Å². The van der Waals surface area contributed by atoms with E-state index in [1.807, 2.05) is 0 Å². The maximum Gasteiger partial charge on any atom is 0.387 e. The summed E-state index contributed by atoms with van der Waals surface area (Å²) < 4.78 is 28.3. The summed E-state index contributed by atoms with van der Waals surface area (Å²) in [5.74, 6) is -0.418. The summed E-state index contributed by atoms with van der Waals surface area (Å²) in [6.07, 6.45) is 0.569. The van der Waals surface area contributed by atoms with E-state index in [2.05, 4.69) is 10.1 Å². The second kappa shape index (κ2) is 6.90. The standard InChI is InChI=1S/C12H16F2N2O2/c1-8(5-6-15)11(17)16-9-3-2-4-10(7-9)18-12(13)14/h2-4,7-8,12H,5-6,15H2,1H3,(H,16,17). The van der Waals surface area contributed by atoms with Crippen LogP contribution in [0.15, 0.2) is 24.3 Å². The van der Waals surface area contributed by atoms with E-state index in [4.69, 9.17) is 5.73 Å². The summed E-state index contributed by atoms with van der Waals surface area (Å²) in [6, 6.07) is 5.87. The van der Waals surface area contributed by atoms with Crippen LogP contribution in [0.5, 0.6) is 5.75 Å². The molecule has 0 heterocycles. The van der Waals surface area contributed by atoms with Crippen LogP contribution in [0.2, 0.25) is 0 Å². The minimum atomic E-state index is -2.88. The maximum atomic E-state index is 12.0. The van der Waals surface area contributed by atoms with Crippen molar-refractivity contribution >= 4 is 11.6 Å². The average molecular weight is 258 g/mol. The predicted molar refractivity (Wildman–Crippen MR) is 64.5 cm³/mol. The monoisotopic (exact) mass is 258 g/mol. The highest BCUT2D eigenvalue weighted by molar-refractivity contribution is 5.92. The van der Waals surface area contributed by atoms with Crippen LogP contribution in [-0.2, 0) is 4.79 Å². The highest BCUT2D eigenvalue weighted by atomic mass is 19.3. The van der Waals surface area contributed by atoms with Gasteiger partial charge in [0, 0.05) is 17.7 Å². The van der Waals surface area contributed by atoms with E-state index >= 15 is 0 Å². The Hall–Kier alpha value is -1.69. The summed E-state index contributed by atoms with van der Waals surface area (Å²) in [7, 11) is 0. The predicted octanol–water partition coefficient (Wildman–Crippen LogP) is 2.21. The first-order valence-electron chi connectivity index (χ1n) is 5.58. The van der Waals surface area contributed by atoms with Gasteiger partial charge in [0.15, 0.2) is 0 Å². The molecular weight excluding hydrogens is 242 g/mol. The quantitative estimate of drug-likeness (QED) is 0.822. The maximum absolute atomic E-state index is 12.0. The number of halogens is 2. The first-order chi connectivity index (χ1) is 8.52. The number of hydrogen-bond donors (Lipinski definition) is 2. The third-order valence-corrected chi connectivity index (χ3v) is 2.37. The third-order valence-electron chi connectivity index (χ3n) is 2.37. The molecule has 6 heteroatoms. The lowest BCUT2D eigenvalue weighted by atomic mass is 10.1. The Morgan fingerprint density at radius 1 is 1.50 bits per heavy atom. The zero-order valence-electron chi connectivity index (χ0n) is 10.0. The molecule has 0 saturated heterocycles. The Morgan fingerprint density at radius 3 is 2.83 bits per heavy atom. The Morgan fingerprint density at radius 2 is 2.22 bits per heavy atom. The van der Waals surface area contributed by atoms with Crippen molar-refractivity contribution in [1.82, 2.24) is 0 Å². The zero-order valence-corrected chi connectivity index (χ0v) is 10.0. The summed E-state index contributed by atoms with van der Waals surface area (Å²) in [6.45, 7) is -0.711. The minimum Gasteiger partial charge on any atom is -0.435 e. The molecule has 0 aliphatic rings. The van der Waals surface area contributed by atoms with E-state index in [1.54, 1.807) is 13.0 Å². The minimum absolute atomic E-state index is 0.00859. The largest absolute Gasteiger partial charge is 0.435 e. The molecular formula is C12H16F2N2O2. The third kappa shape index (κ3) is 4.67. The lowest BCUT2D eigenvalue weighted by Gasteiger charge is -2.12. The van der Waals surface area contributed by atoms with Crippen molar-refractivity contribution in [3.63, 3.8) is 0 Å². The topological polar surface area (TPSA) is 64.4 Å². The van der Waals surface area contributed by atoms with Gasteiger partial charge in [0.05, 0.1) is 0 Å². The molecule has 0 aliphatic heterocycles. The Balaban J connectivity index is 2.64. The van der Waals surface area contributed by atoms with Gasteiger partial charge in [-0.3, -0.25) is 4.79 Å². The van der Waals surface area contributed by atoms with Crippen LogP contribution in [0.1, 0.15) is 13.3 Å². The van der Waals surface area contributed by atoms with Gasteiger partial charge >= 0.3 is 6.61 Å². The second-order valence-electron chi connectivity index (χ2n) is 3.87. The zero-order chi connectivity index (χ0) is 13.5. The van der Waals surface area contributed by atoms with E-state index in [0.717, 1.165) is 0 Å². The van der Waals surface area contributed by atoms with Crippen molar-refractivity contribution in [2.45, 2.75) is 20.0 Å². The van der Waals surface area contributed by atoms with Gasteiger partial charge in [-0.15, -0.1) is 0 Å². The molecule has 3 N–H and O–H groups in total. The van der Waals surface area contributed by atoms with Crippen molar-refractivity contribution in [1.29, 1.82) is 0 Å². The number of amides is 1. The molecule has 0 aromatic heterocycles. The van der Waals surface area contributed by atoms with Gasteiger partial charge in [0.2, 0.25) is 5.91 Å². The number of carbonyl (C=O) groups is 1. The van der Waals surface area contributed by atoms with Gasteiger partial charge in [-0.05, 0) is 25.1 Å². The highest BCUT2D eigenvalue weighted by Gasteiger charge is 2.12. The number of ether oxygens (including phenoxy) is 1. The molecule has 0 radical (unpaired) electrons. The van der Waals surface area contributed by atoms with Crippen LogP contribution in [0.4, 0.5) is 14.5 Å². The van der Waals surface area contributed by atoms with Gasteiger partial charge < -0.3 is 15.8 Å². The SMILES string of the molecule is CC(CCN)C(=O)Nc1cccc(OC(F)F)c1. The molecule has 1 aromatic carbocycles. The fourth-order valence-corrected chi connectivity index (χ4v) is 1.40. The van der Waals surface area contributed by atoms with E-state index in [-0.39, 0.29) is 17.6 Å². The number of hydrogen-bond acceptors (Lipinski definition) is 3. The van der Waals surface area contributed by atoms with Gasteiger partial charge in [0.25, 0.3) is 0 Å². The van der Waals surface area contributed by atoms with Crippen LogP contribution in [0.3, 0.4) is 0 Å². The smallest absolute Gasteiger partial charge is 0.387 e. The molecule has 1 unspecified atom stereocenters. The van der Waals surface area contributed by atoms with Crippen LogP contribution in [0.25, 0.3) is 0 Å². The van der Waals surface area contributed by atoms with E-state index < -0.39 is 6.61 Å². The lowest BCUT2D eigenvalue weighted by Crippen LogP contribution is -2.22. The van der Waals surface area contributed by atoms with Crippen molar-refractivity contribution < 1.29 is 18.3 Å². The fourth-order valence-electron chi connectivity index (χ4n) is 1.40. The van der Waals surface area contributed by atoms with Gasteiger partial charge in [-0.2, -0.15) is 8.78 Å². The van der Waals surface area contributed by atoms with Crippen molar-refractivity contribution in [2.75, 3.05) is 11.9 Å². The molecule has 1 aromatic rings. The molecule has 0 fully saturated rings. The Bertz CT molecular complexity index is 399. The van der Waals surface area contributed by atoms with Gasteiger partial charge in [-0.25, -0.2) is 0 Å². The number of nitrogens with one attached hydrogen (secondary N) is 1. The summed E-state index contributed by atoms with van der Waals surface area (Å²) in [5.41, 5.74) is 5.77. The number of alkyl halides is 2. The number of benzene rings is 1. The van der Waals surface area contributed by atoms with Crippen LogP contribution >= 0.6 is 0 Å². The Labute approximate surface area is 104 Å². The van der Waals surface area contributed by atoms with E-state index in [0.29, 0.717) is 18.7 Å². The molecule has 0 saturated carbocycles. The van der Waals surface area contributed by atoms with Crippen LogP contribution < -0.4 is 15.8 Å². The lowest BCUT2D eigenvalue weighted by molar-refractivity contribution is -0.119. The first kappa shape index (κ1) is 14.4. The summed E-state index contributed by atoms with van der Waals surface area (Å²) in [4.78, 5) is 11.7. The van der Waals surface area contributed by atoms with Crippen molar-refractivity contribution in [3.8, 4) is 5.75 Å². The molecule has 4 nitrogen and oxygen atoms in total. The van der Waals surface area contributed by atoms with Crippen molar-refractivity contribution in [3.05, 3.63) is 24.3 Å². The molecule has 1 rings (SSSR count). The van der Waals surface area contributed by atoms with E-state index in [1.165, 1.54) is 18.2 Å². The number of nitrogens with two attached hydrogens (primary N) is 1. The number of rotatable bonds is 6. The van der Waals surface area contributed by atoms with Gasteiger partial charge in [0.1, 0.15) is 5.75 Å². The molecule has 0 aliphatic carbocycles.